The lowest BCUT2D eigenvalue weighted by Crippen LogP contribution is -2.53. The minimum absolute atomic E-state index is 0.332. The van der Waals surface area contributed by atoms with Crippen molar-refractivity contribution in [3.05, 3.63) is 0 Å². The summed E-state index contributed by atoms with van der Waals surface area (Å²) < 4.78 is 23.5. The van der Waals surface area contributed by atoms with Crippen molar-refractivity contribution < 1.29 is 17.7 Å². The molecular formula is C13H30O4Si. The van der Waals surface area contributed by atoms with E-state index in [1.54, 1.807) is 0 Å². The van der Waals surface area contributed by atoms with Crippen LogP contribution in [0.25, 0.3) is 0 Å². The predicted octanol–water partition coefficient (Wildman–Crippen LogP) is 3.52. The third kappa shape index (κ3) is 8.21. The summed E-state index contributed by atoms with van der Waals surface area (Å²) in [7, 11) is -2.99. The van der Waals surface area contributed by atoms with E-state index >= 15 is 0 Å². The van der Waals surface area contributed by atoms with Crippen LogP contribution in [0.5, 0.6) is 0 Å². The molecule has 0 aromatic carbocycles. The van der Waals surface area contributed by atoms with Crippen LogP contribution >= 0.6 is 0 Å². The van der Waals surface area contributed by atoms with Gasteiger partial charge in [0.15, 0.2) is 0 Å². The van der Waals surface area contributed by atoms with Gasteiger partial charge in [-0.3, -0.25) is 0 Å². The zero-order valence-corrected chi connectivity index (χ0v) is 13.9. The van der Waals surface area contributed by atoms with Crippen LogP contribution in [0.15, 0.2) is 0 Å². The Labute approximate surface area is 113 Å². The van der Waals surface area contributed by atoms with Gasteiger partial charge >= 0.3 is 9.05 Å². The zero-order valence-electron chi connectivity index (χ0n) is 12.9. The molecule has 0 fully saturated rings. The van der Waals surface area contributed by atoms with Gasteiger partial charge in [-0.15, -0.1) is 0 Å². The predicted molar refractivity (Wildman–Crippen MR) is 75.3 cm³/mol. The van der Waals surface area contributed by atoms with Crippen molar-refractivity contribution >= 4 is 9.05 Å². The van der Waals surface area contributed by atoms with Crippen molar-refractivity contribution in [1.29, 1.82) is 0 Å². The topological polar surface area (TPSA) is 36.9 Å². The molecule has 4 nitrogen and oxygen atoms in total. The molecule has 110 valence electrons. The molecular weight excluding hydrogens is 248 g/mol. The van der Waals surface area contributed by atoms with E-state index in [2.05, 4.69) is 20.8 Å². The lowest BCUT2D eigenvalue weighted by Gasteiger charge is -2.33. The molecule has 0 spiro atoms. The molecule has 0 aromatic rings. The Balaban J connectivity index is 4.73. The van der Waals surface area contributed by atoms with Gasteiger partial charge in [-0.25, -0.2) is 0 Å². The Kier molecular flexibility index (Phi) is 9.07. The number of hydrogen-bond donors (Lipinski definition) is 0. The van der Waals surface area contributed by atoms with Gasteiger partial charge in [0.05, 0.1) is 5.60 Å². The standard InChI is InChI=1S/C13H30O4Si/c1-7-10-14-18(15-11-8-2,16-12-9-3)17-13(4,5)6/h7-12H2,1-6H3. The molecule has 0 atom stereocenters. The van der Waals surface area contributed by atoms with Crippen molar-refractivity contribution in [2.45, 2.75) is 66.4 Å². The molecule has 0 radical (unpaired) electrons. The van der Waals surface area contributed by atoms with Crippen LogP contribution in [0.4, 0.5) is 0 Å². The van der Waals surface area contributed by atoms with E-state index < -0.39 is 9.05 Å². The molecule has 0 unspecified atom stereocenters. The summed E-state index contributed by atoms with van der Waals surface area (Å²) in [6.45, 7) is 14.0. The minimum atomic E-state index is -2.99. The Hall–Kier alpha value is 0.0569. The first kappa shape index (κ1) is 18.1. The van der Waals surface area contributed by atoms with E-state index in [-0.39, 0.29) is 5.60 Å². The van der Waals surface area contributed by atoms with E-state index in [1.165, 1.54) is 0 Å². The molecule has 0 N–H and O–H groups in total. The molecule has 0 aliphatic heterocycles. The van der Waals surface area contributed by atoms with E-state index in [1.807, 2.05) is 20.8 Å². The van der Waals surface area contributed by atoms with Gasteiger partial charge in [-0.2, -0.15) is 0 Å². The highest BCUT2D eigenvalue weighted by Crippen LogP contribution is 2.21. The second-order valence-corrected chi connectivity index (χ2v) is 7.33. The second-order valence-electron chi connectivity index (χ2n) is 5.26. The largest absolute Gasteiger partial charge is 0.680 e. The average Bonchev–Trinajstić information content (AvgIpc) is 2.29. The van der Waals surface area contributed by atoms with Gasteiger partial charge in [0.2, 0.25) is 0 Å². The fraction of sp³-hybridized carbons (Fsp3) is 1.00. The second kappa shape index (κ2) is 9.04. The SMILES string of the molecule is CCCO[Si](OCCC)(OCCC)OC(C)(C)C. The van der Waals surface area contributed by atoms with Crippen molar-refractivity contribution in [3.8, 4) is 0 Å². The first-order valence-corrected chi connectivity index (χ1v) is 8.64. The maximum Gasteiger partial charge on any atom is 0.680 e. The van der Waals surface area contributed by atoms with Gasteiger partial charge in [-0.1, -0.05) is 20.8 Å². The van der Waals surface area contributed by atoms with Gasteiger partial charge in [0.25, 0.3) is 0 Å². The minimum Gasteiger partial charge on any atom is -0.351 e. The van der Waals surface area contributed by atoms with E-state index in [0.717, 1.165) is 19.3 Å². The Morgan fingerprint density at radius 2 is 1.06 bits per heavy atom. The van der Waals surface area contributed by atoms with Gasteiger partial charge in [-0.05, 0) is 40.0 Å². The fourth-order valence-corrected chi connectivity index (χ4v) is 3.81. The number of rotatable bonds is 10. The third-order valence-electron chi connectivity index (χ3n) is 1.88. The lowest BCUT2D eigenvalue weighted by atomic mass is 10.2. The summed E-state index contributed by atoms with van der Waals surface area (Å²) in [5, 5.41) is 0. The molecule has 18 heavy (non-hydrogen) atoms. The summed E-state index contributed by atoms with van der Waals surface area (Å²) in [5.41, 5.74) is -0.332. The maximum atomic E-state index is 6.00. The highest BCUT2D eigenvalue weighted by atomic mass is 28.4. The summed E-state index contributed by atoms with van der Waals surface area (Å²) in [4.78, 5) is 0. The Morgan fingerprint density at radius 1 is 0.722 bits per heavy atom. The molecule has 0 saturated carbocycles. The Morgan fingerprint density at radius 3 is 1.28 bits per heavy atom. The first-order valence-electron chi connectivity index (χ1n) is 7.01. The van der Waals surface area contributed by atoms with E-state index in [4.69, 9.17) is 17.7 Å². The number of hydrogen-bond acceptors (Lipinski definition) is 4. The third-order valence-corrected chi connectivity index (χ3v) is 4.42. The molecule has 5 heteroatoms. The van der Waals surface area contributed by atoms with Gasteiger partial charge < -0.3 is 17.7 Å². The van der Waals surface area contributed by atoms with Crippen LogP contribution in [0, 0.1) is 0 Å². The average molecular weight is 278 g/mol. The lowest BCUT2D eigenvalue weighted by molar-refractivity contribution is -0.0768. The van der Waals surface area contributed by atoms with Gasteiger partial charge in [0.1, 0.15) is 0 Å². The monoisotopic (exact) mass is 278 g/mol. The van der Waals surface area contributed by atoms with Gasteiger partial charge in [0, 0.05) is 19.8 Å². The molecule has 0 aliphatic rings. The molecule has 0 aromatic heterocycles. The van der Waals surface area contributed by atoms with Crippen LogP contribution in [-0.4, -0.2) is 34.5 Å². The zero-order chi connectivity index (χ0) is 14.1. The van der Waals surface area contributed by atoms with Crippen LogP contribution in [0.3, 0.4) is 0 Å². The highest BCUT2D eigenvalue weighted by molar-refractivity contribution is 6.53. The van der Waals surface area contributed by atoms with E-state index in [9.17, 15) is 0 Å². The molecule has 0 rings (SSSR count). The maximum absolute atomic E-state index is 6.00. The first-order chi connectivity index (χ1) is 8.39. The highest BCUT2D eigenvalue weighted by Gasteiger charge is 2.48. The fourth-order valence-electron chi connectivity index (χ4n) is 1.27. The summed E-state index contributed by atoms with van der Waals surface area (Å²) >= 11 is 0. The smallest absolute Gasteiger partial charge is 0.351 e. The molecule has 0 bridgehead atoms. The molecule has 0 heterocycles. The van der Waals surface area contributed by atoms with Crippen LogP contribution in [-0.2, 0) is 17.7 Å². The summed E-state index contributed by atoms with van der Waals surface area (Å²) in [6.07, 6.45) is 2.77. The van der Waals surface area contributed by atoms with Crippen LogP contribution in [0.1, 0.15) is 60.8 Å². The molecule has 0 aliphatic carbocycles. The quantitative estimate of drug-likeness (QED) is 0.573. The van der Waals surface area contributed by atoms with Crippen molar-refractivity contribution in [1.82, 2.24) is 0 Å². The van der Waals surface area contributed by atoms with Crippen LogP contribution in [0.2, 0.25) is 0 Å². The summed E-state index contributed by atoms with van der Waals surface area (Å²) in [5.74, 6) is 0. The van der Waals surface area contributed by atoms with Crippen LogP contribution < -0.4 is 0 Å². The van der Waals surface area contributed by atoms with Crippen molar-refractivity contribution in [2.24, 2.45) is 0 Å². The molecule has 0 saturated heterocycles. The van der Waals surface area contributed by atoms with Crippen molar-refractivity contribution in [3.63, 3.8) is 0 Å². The summed E-state index contributed by atoms with van der Waals surface area (Å²) in [6, 6.07) is 0. The van der Waals surface area contributed by atoms with Crippen molar-refractivity contribution in [2.75, 3.05) is 19.8 Å². The van der Waals surface area contributed by atoms with E-state index in [0.29, 0.717) is 19.8 Å². The normalized spacial score (nSPS) is 13.0. The Bertz CT molecular complexity index is 182. The molecule has 0 amide bonds.